The Morgan fingerprint density at radius 2 is 1.75 bits per heavy atom. The first-order valence-corrected chi connectivity index (χ1v) is 6.96. The van der Waals surface area contributed by atoms with Crippen LogP contribution in [0, 0.1) is 0 Å². The maximum atomic E-state index is 5.98. The van der Waals surface area contributed by atoms with E-state index in [0.29, 0.717) is 18.1 Å². The van der Waals surface area contributed by atoms with E-state index in [4.69, 9.17) is 10.3 Å². The van der Waals surface area contributed by atoms with Gasteiger partial charge in [0.05, 0.1) is 5.41 Å². The maximum Gasteiger partial charge on any atom is 0.226 e. The first-order chi connectivity index (χ1) is 9.29. The zero-order valence-corrected chi connectivity index (χ0v) is 12.7. The number of hydrogen-bond donors (Lipinski definition) is 1. The predicted octanol–water partition coefficient (Wildman–Crippen LogP) is 3.07. The predicted molar refractivity (Wildman–Crippen MR) is 79.5 cm³/mol. The highest BCUT2D eigenvalue weighted by Gasteiger charge is 2.28. The topological polar surface area (TPSA) is 64.9 Å². The van der Waals surface area contributed by atoms with Crippen molar-refractivity contribution >= 4 is 0 Å². The third-order valence-electron chi connectivity index (χ3n) is 3.51. The molecule has 0 aliphatic heterocycles. The minimum atomic E-state index is -0.263. The smallest absolute Gasteiger partial charge is 0.226 e. The minimum Gasteiger partial charge on any atom is -0.339 e. The molecule has 0 unspecified atom stereocenters. The van der Waals surface area contributed by atoms with Crippen molar-refractivity contribution in [1.29, 1.82) is 0 Å². The van der Waals surface area contributed by atoms with Crippen LogP contribution in [-0.2, 0) is 11.8 Å². The second-order valence-electron chi connectivity index (χ2n) is 6.49. The Morgan fingerprint density at radius 1 is 1.10 bits per heavy atom. The van der Waals surface area contributed by atoms with Crippen LogP contribution in [0.15, 0.2) is 34.9 Å². The highest BCUT2D eigenvalue weighted by Crippen LogP contribution is 2.29. The van der Waals surface area contributed by atoms with Gasteiger partial charge in [-0.1, -0.05) is 35.5 Å². The third kappa shape index (κ3) is 3.45. The van der Waals surface area contributed by atoms with Gasteiger partial charge in [0.2, 0.25) is 5.89 Å². The lowest BCUT2D eigenvalue weighted by molar-refractivity contribution is 0.349. The summed E-state index contributed by atoms with van der Waals surface area (Å²) >= 11 is 0. The summed E-state index contributed by atoms with van der Waals surface area (Å²) in [6.07, 6.45) is 1.53. The molecule has 0 atom stereocenters. The van der Waals surface area contributed by atoms with Crippen LogP contribution in [-0.4, -0.2) is 15.7 Å². The van der Waals surface area contributed by atoms with Gasteiger partial charge in [-0.05, 0) is 39.7 Å². The summed E-state index contributed by atoms with van der Waals surface area (Å²) in [6, 6.07) is 10.2. The molecule has 2 aromatic rings. The maximum absolute atomic E-state index is 5.98. The van der Waals surface area contributed by atoms with Crippen molar-refractivity contribution in [3.8, 4) is 0 Å². The number of aryl methyl sites for hydroxylation is 1. The second-order valence-corrected chi connectivity index (χ2v) is 6.49. The van der Waals surface area contributed by atoms with Crippen LogP contribution >= 0.6 is 0 Å². The average molecular weight is 273 g/mol. The first kappa shape index (κ1) is 14.7. The molecule has 1 aromatic heterocycles. The van der Waals surface area contributed by atoms with Gasteiger partial charge < -0.3 is 10.3 Å². The summed E-state index contributed by atoms with van der Waals surface area (Å²) in [5, 5.41) is 4.14. The van der Waals surface area contributed by atoms with Crippen molar-refractivity contribution in [1.82, 2.24) is 10.1 Å². The molecular formula is C16H23N3O. The fourth-order valence-corrected chi connectivity index (χ4v) is 2.02. The van der Waals surface area contributed by atoms with Crippen molar-refractivity contribution < 1.29 is 4.52 Å². The summed E-state index contributed by atoms with van der Waals surface area (Å²) < 4.78 is 5.35. The summed E-state index contributed by atoms with van der Waals surface area (Å²) in [5.41, 5.74) is 6.67. The molecule has 0 bridgehead atoms. The zero-order chi connectivity index (χ0) is 14.8. The molecular weight excluding hydrogens is 250 g/mol. The molecule has 1 aromatic carbocycles. The molecule has 0 saturated carbocycles. The van der Waals surface area contributed by atoms with Crippen molar-refractivity contribution in [3.05, 3.63) is 47.6 Å². The second kappa shape index (κ2) is 5.37. The highest BCUT2D eigenvalue weighted by molar-refractivity contribution is 5.30. The fourth-order valence-electron chi connectivity index (χ4n) is 2.02. The number of nitrogens with two attached hydrogens (primary N) is 1. The fraction of sp³-hybridized carbons (Fsp3) is 0.500. The van der Waals surface area contributed by atoms with E-state index >= 15 is 0 Å². The van der Waals surface area contributed by atoms with E-state index in [1.165, 1.54) is 5.56 Å². The molecule has 0 aliphatic rings. The SMILES string of the molecule is CC(C)(N)CCc1nc(C(C)(C)c2ccccc2)no1. The van der Waals surface area contributed by atoms with Crippen LogP contribution in [0.4, 0.5) is 0 Å². The Hall–Kier alpha value is -1.68. The lowest BCUT2D eigenvalue weighted by Gasteiger charge is -2.20. The van der Waals surface area contributed by atoms with Crippen LogP contribution in [0.3, 0.4) is 0 Å². The van der Waals surface area contributed by atoms with Crippen molar-refractivity contribution in [2.24, 2.45) is 5.73 Å². The molecule has 108 valence electrons. The molecule has 0 radical (unpaired) electrons. The largest absolute Gasteiger partial charge is 0.339 e. The monoisotopic (exact) mass is 273 g/mol. The molecule has 4 heteroatoms. The molecule has 0 fully saturated rings. The Bertz CT molecular complexity index is 553. The van der Waals surface area contributed by atoms with Gasteiger partial charge in [0, 0.05) is 12.0 Å². The van der Waals surface area contributed by atoms with Gasteiger partial charge in [0.15, 0.2) is 5.82 Å². The number of aromatic nitrogens is 2. The molecule has 0 spiro atoms. The van der Waals surface area contributed by atoms with Crippen molar-refractivity contribution in [2.45, 2.75) is 51.5 Å². The van der Waals surface area contributed by atoms with Crippen molar-refractivity contribution in [3.63, 3.8) is 0 Å². The van der Waals surface area contributed by atoms with E-state index in [1.807, 2.05) is 32.0 Å². The Kier molecular flexibility index (Phi) is 3.95. The minimum absolute atomic E-state index is 0.219. The van der Waals surface area contributed by atoms with Gasteiger partial charge in [-0.25, -0.2) is 0 Å². The molecule has 2 N–H and O–H groups in total. The lowest BCUT2D eigenvalue weighted by Crippen LogP contribution is -2.32. The standard InChI is InChI=1S/C16H23N3O/c1-15(2,17)11-10-13-18-14(19-20-13)16(3,4)12-8-6-5-7-9-12/h5-9H,10-11,17H2,1-4H3. The number of rotatable bonds is 5. The average Bonchev–Trinajstić information content (AvgIpc) is 2.86. The molecule has 0 aliphatic carbocycles. The van der Waals surface area contributed by atoms with Crippen LogP contribution in [0.2, 0.25) is 0 Å². The highest BCUT2D eigenvalue weighted by atomic mass is 16.5. The van der Waals surface area contributed by atoms with Gasteiger partial charge in [0.25, 0.3) is 0 Å². The van der Waals surface area contributed by atoms with Gasteiger partial charge in [-0.3, -0.25) is 0 Å². The van der Waals surface area contributed by atoms with E-state index in [-0.39, 0.29) is 11.0 Å². The zero-order valence-electron chi connectivity index (χ0n) is 12.7. The van der Waals surface area contributed by atoms with Crippen LogP contribution < -0.4 is 5.73 Å². The summed E-state index contributed by atoms with van der Waals surface area (Å²) in [7, 11) is 0. The molecule has 0 amide bonds. The quantitative estimate of drug-likeness (QED) is 0.909. The summed E-state index contributed by atoms with van der Waals surface area (Å²) in [6.45, 7) is 8.20. The van der Waals surface area contributed by atoms with E-state index in [1.54, 1.807) is 0 Å². The number of hydrogen-bond acceptors (Lipinski definition) is 4. The van der Waals surface area contributed by atoms with E-state index in [0.717, 1.165) is 6.42 Å². The van der Waals surface area contributed by atoms with Crippen molar-refractivity contribution in [2.75, 3.05) is 0 Å². The Balaban J connectivity index is 2.16. The van der Waals surface area contributed by atoms with E-state index in [2.05, 4.69) is 36.1 Å². The van der Waals surface area contributed by atoms with Gasteiger partial charge >= 0.3 is 0 Å². The Morgan fingerprint density at radius 3 is 2.35 bits per heavy atom. The molecule has 20 heavy (non-hydrogen) atoms. The third-order valence-corrected chi connectivity index (χ3v) is 3.51. The number of nitrogens with zero attached hydrogens (tertiary/aromatic N) is 2. The van der Waals surface area contributed by atoms with Gasteiger partial charge in [-0.15, -0.1) is 0 Å². The van der Waals surface area contributed by atoms with Crippen LogP contribution in [0.1, 0.15) is 51.4 Å². The van der Waals surface area contributed by atoms with E-state index in [9.17, 15) is 0 Å². The van der Waals surface area contributed by atoms with Gasteiger partial charge in [-0.2, -0.15) is 4.98 Å². The molecule has 0 saturated heterocycles. The molecule has 1 heterocycles. The normalized spacial score (nSPS) is 12.7. The number of benzene rings is 1. The lowest BCUT2D eigenvalue weighted by atomic mass is 9.84. The van der Waals surface area contributed by atoms with E-state index < -0.39 is 0 Å². The first-order valence-electron chi connectivity index (χ1n) is 6.96. The Labute approximate surface area is 120 Å². The molecule has 2 rings (SSSR count). The van der Waals surface area contributed by atoms with Crippen LogP contribution in [0.5, 0.6) is 0 Å². The molecule has 4 nitrogen and oxygen atoms in total. The summed E-state index contributed by atoms with van der Waals surface area (Å²) in [5.74, 6) is 1.37. The van der Waals surface area contributed by atoms with Gasteiger partial charge in [0.1, 0.15) is 0 Å². The summed E-state index contributed by atoms with van der Waals surface area (Å²) in [4.78, 5) is 4.53. The van der Waals surface area contributed by atoms with Crippen LogP contribution in [0.25, 0.3) is 0 Å².